The molecule has 0 radical (unpaired) electrons. The van der Waals surface area contributed by atoms with E-state index in [1.807, 2.05) is 6.07 Å². The summed E-state index contributed by atoms with van der Waals surface area (Å²) in [6.07, 6.45) is 0.379. The molecule has 0 aromatic heterocycles. The Kier molecular flexibility index (Phi) is 4.72. The molecule has 16 heavy (non-hydrogen) atoms. The molecule has 0 heterocycles. The Balaban J connectivity index is 2.92. The third kappa shape index (κ3) is 4.93. The van der Waals surface area contributed by atoms with E-state index in [0.29, 0.717) is 5.56 Å². The molecule has 88 valence electrons. The lowest BCUT2D eigenvalue weighted by molar-refractivity contribution is 0.139. The average Bonchev–Trinajstić information content (AvgIpc) is 2.15. The molecular formula is C10H11IO4S. The summed E-state index contributed by atoms with van der Waals surface area (Å²) in [5.41, 5.74) is 0.679. The lowest BCUT2D eigenvalue weighted by atomic mass is 10.1. The fourth-order valence-electron chi connectivity index (χ4n) is 1.25. The van der Waals surface area contributed by atoms with E-state index >= 15 is 0 Å². The van der Waals surface area contributed by atoms with E-state index in [1.165, 1.54) is 22.6 Å². The topological polar surface area (TPSA) is 60.4 Å². The van der Waals surface area contributed by atoms with Gasteiger partial charge >= 0.3 is 3.98 Å². The van der Waals surface area contributed by atoms with E-state index in [2.05, 4.69) is 0 Å². The number of carbonyl (C=O) groups is 1. The van der Waals surface area contributed by atoms with Gasteiger partial charge in [-0.3, -0.25) is 0 Å². The standard InChI is InChI=1S/C10H11IO4S/c1-16(13,14)7-9(15-10(11)12)8-5-3-2-4-6-8/h2-6,9H,7H2,1H3. The third-order valence-electron chi connectivity index (χ3n) is 1.86. The number of hydrogen-bond donors (Lipinski definition) is 0. The molecule has 0 saturated carbocycles. The van der Waals surface area contributed by atoms with Gasteiger partial charge in [0, 0.05) is 6.26 Å². The minimum absolute atomic E-state index is 0.203. The number of carbonyl (C=O) groups excluding carboxylic acids is 1. The number of benzene rings is 1. The molecular weight excluding hydrogens is 343 g/mol. The number of halogens is 1. The van der Waals surface area contributed by atoms with Crippen LogP contribution in [0.15, 0.2) is 30.3 Å². The monoisotopic (exact) mass is 354 g/mol. The molecule has 0 spiro atoms. The lowest BCUT2D eigenvalue weighted by Gasteiger charge is -2.15. The first-order valence-electron chi connectivity index (χ1n) is 4.47. The molecule has 1 rings (SSSR count). The number of sulfone groups is 1. The molecule has 4 nitrogen and oxygen atoms in total. The molecule has 1 unspecified atom stereocenters. The average molecular weight is 354 g/mol. The molecule has 0 saturated heterocycles. The Hall–Kier alpha value is -0.630. The van der Waals surface area contributed by atoms with Crippen molar-refractivity contribution in [2.24, 2.45) is 0 Å². The maximum Gasteiger partial charge on any atom is 0.367 e. The van der Waals surface area contributed by atoms with Gasteiger partial charge in [-0.2, -0.15) is 0 Å². The first-order chi connectivity index (χ1) is 7.38. The van der Waals surface area contributed by atoms with E-state index in [4.69, 9.17) is 4.74 Å². The first kappa shape index (κ1) is 13.4. The van der Waals surface area contributed by atoms with E-state index in [9.17, 15) is 13.2 Å². The minimum atomic E-state index is -3.20. The summed E-state index contributed by atoms with van der Waals surface area (Å²) in [6, 6.07) is 8.81. The van der Waals surface area contributed by atoms with Crippen LogP contribution in [0.25, 0.3) is 0 Å². The van der Waals surface area contributed by atoms with Gasteiger partial charge in [-0.25, -0.2) is 13.2 Å². The second kappa shape index (κ2) is 5.62. The van der Waals surface area contributed by atoms with Crippen LogP contribution in [0.3, 0.4) is 0 Å². The molecule has 1 atom stereocenters. The molecule has 0 fully saturated rings. The summed E-state index contributed by atoms with van der Waals surface area (Å²) < 4.78 is 26.9. The maximum atomic E-state index is 11.2. The van der Waals surface area contributed by atoms with Crippen LogP contribution in [0.4, 0.5) is 4.79 Å². The van der Waals surface area contributed by atoms with Crippen molar-refractivity contribution in [3.8, 4) is 0 Å². The highest BCUT2D eigenvalue weighted by Gasteiger charge is 2.20. The predicted octanol–water partition coefficient (Wildman–Crippen LogP) is 2.34. The van der Waals surface area contributed by atoms with Crippen molar-refractivity contribution in [3.05, 3.63) is 35.9 Å². The molecule has 1 aromatic carbocycles. The largest absolute Gasteiger partial charge is 0.449 e. The van der Waals surface area contributed by atoms with Crippen LogP contribution < -0.4 is 0 Å². The summed E-state index contributed by atoms with van der Waals surface area (Å²) >= 11 is 1.48. The van der Waals surface area contributed by atoms with Crippen LogP contribution in [0.1, 0.15) is 11.7 Å². The molecule has 0 aliphatic rings. The first-order valence-corrected chi connectivity index (χ1v) is 7.61. The van der Waals surface area contributed by atoms with Gasteiger partial charge in [0.1, 0.15) is 6.10 Å². The zero-order valence-corrected chi connectivity index (χ0v) is 11.6. The van der Waals surface area contributed by atoms with E-state index in [1.54, 1.807) is 24.3 Å². The SMILES string of the molecule is CS(=O)(=O)CC(OC(=O)I)c1ccccc1. The van der Waals surface area contributed by atoms with Gasteiger partial charge in [0.2, 0.25) is 0 Å². The Bertz CT molecular complexity index is 455. The van der Waals surface area contributed by atoms with Gasteiger partial charge in [-0.15, -0.1) is 0 Å². The summed E-state index contributed by atoms with van der Waals surface area (Å²) in [4.78, 5) is 10.9. The van der Waals surface area contributed by atoms with Gasteiger partial charge in [0.15, 0.2) is 9.84 Å². The molecule has 0 aliphatic carbocycles. The van der Waals surface area contributed by atoms with Crippen molar-refractivity contribution in [3.63, 3.8) is 0 Å². The van der Waals surface area contributed by atoms with Gasteiger partial charge in [0.05, 0.1) is 28.3 Å². The van der Waals surface area contributed by atoms with Gasteiger partial charge in [0.25, 0.3) is 0 Å². The van der Waals surface area contributed by atoms with Crippen molar-refractivity contribution >= 4 is 36.4 Å². The molecule has 0 aliphatic heterocycles. The summed E-state index contributed by atoms with van der Waals surface area (Å²) in [7, 11) is -3.20. The Morgan fingerprint density at radius 3 is 2.38 bits per heavy atom. The van der Waals surface area contributed by atoms with Gasteiger partial charge in [-0.1, -0.05) is 30.3 Å². The van der Waals surface area contributed by atoms with Crippen molar-refractivity contribution in [1.82, 2.24) is 0 Å². The number of ether oxygens (including phenoxy) is 1. The van der Waals surface area contributed by atoms with E-state index < -0.39 is 19.9 Å². The zero-order chi connectivity index (χ0) is 12.2. The molecule has 0 N–H and O–H groups in total. The highest BCUT2D eigenvalue weighted by atomic mass is 127. The zero-order valence-electron chi connectivity index (χ0n) is 8.59. The summed E-state index contributed by atoms with van der Waals surface area (Å²) in [5, 5.41) is 0. The lowest BCUT2D eigenvalue weighted by Crippen LogP contribution is -2.17. The summed E-state index contributed by atoms with van der Waals surface area (Å²) in [6.45, 7) is 0. The molecule has 0 amide bonds. The maximum absolute atomic E-state index is 11.2. The fourth-order valence-corrected chi connectivity index (χ4v) is 2.37. The van der Waals surface area contributed by atoms with Gasteiger partial charge < -0.3 is 4.74 Å². The smallest absolute Gasteiger partial charge is 0.367 e. The fraction of sp³-hybridized carbons (Fsp3) is 0.300. The summed E-state index contributed by atoms with van der Waals surface area (Å²) in [5.74, 6) is -0.203. The van der Waals surface area contributed by atoms with Crippen molar-refractivity contribution in [2.45, 2.75) is 6.10 Å². The Morgan fingerprint density at radius 2 is 1.94 bits per heavy atom. The molecule has 0 bridgehead atoms. The van der Waals surface area contributed by atoms with E-state index in [-0.39, 0.29) is 5.75 Å². The quantitative estimate of drug-likeness (QED) is 0.615. The van der Waals surface area contributed by atoms with Crippen molar-refractivity contribution in [1.29, 1.82) is 0 Å². The number of rotatable bonds is 4. The van der Waals surface area contributed by atoms with Crippen LogP contribution in [0, 0.1) is 0 Å². The van der Waals surface area contributed by atoms with Crippen LogP contribution in [0.5, 0.6) is 0 Å². The Morgan fingerprint density at radius 1 is 1.38 bits per heavy atom. The Labute approximate surface area is 108 Å². The van der Waals surface area contributed by atoms with Crippen molar-refractivity contribution in [2.75, 3.05) is 12.0 Å². The van der Waals surface area contributed by atoms with Crippen molar-refractivity contribution < 1.29 is 17.9 Å². The van der Waals surface area contributed by atoms with Crippen LogP contribution >= 0.6 is 22.6 Å². The van der Waals surface area contributed by atoms with Crippen LogP contribution in [-0.2, 0) is 14.6 Å². The second-order valence-corrected chi connectivity index (χ2v) is 6.41. The van der Waals surface area contributed by atoms with Gasteiger partial charge in [-0.05, 0) is 5.56 Å². The number of hydrogen-bond acceptors (Lipinski definition) is 4. The second-order valence-electron chi connectivity index (χ2n) is 3.35. The highest BCUT2D eigenvalue weighted by molar-refractivity contribution is 14.1. The molecule has 6 heteroatoms. The highest BCUT2D eigenvalue weighted by Crippen LogP contribution is 2.20. The predicted molar refractivity (Wildman–Crippen MR) is 69.4 cm³/mol. The normalized spacial score (nSPS) is 13.1. The third-order valence-corrected chi connectivity index (χ3v) is 3.02. The molecule has 1 aromatic rings. The van der Waals surface area contributed by atoms with Crippen LogP contribution in [0.2, 0.25) is 0 Å². The van der Waals surface area contributed by atoms with E-state index in [0.717, 1.165) is 6.26 Å². The van der Waals surface area contributed by atoms with Crippen LogP contribution in [-0.4, -0.2) is 24.4 Å². The minimum Gasteiger partial charge on any atom is -0.449 e.